The molecule has 0 atom stereocenters. The van der Waals surface area contributed by atoms with E-state index in [0.29, 0.717) is 0 Å². The Kier molecular flexibility index (Phi) is 4.77. The fourth-order valence-corrected chi connectivity index (χ4v) is 1.14. The Bertz CT molecular complexity index is 239. The molecule has 0 aliphatic carbocycles. The van der Waals surface area contributed by atoms with Crippen molar-refractivity contribution in [2.75, 3.05) is 11.9 Å². The first-order valence-electron chi connectivity index (χ1n) is 4.87. The standard InChI is InChI=1S/C12H17N/c1-2-3-4-8-11-13-12-9-6-5-7-10-12/h3-7,9-10,13H,2,8,11H2,1H3/b4-3+. The van der Waals surface area contributed by atoms with Crippen LogP contribution in [0.15, 0.2) is 42.5 Å². The summed E-state index contributed by atoms with van der Waals surface area (Å²) in [5.74, 6) is 0. The van der Waals surface area contributed by atoms with Crippen LogP contribution < -0.4 is 5.32 Å². The molecule has 0 amide bonds. The smallest absolute Gasteiger partial charge is 0.0340 e. The molecule has 1 aromatic carbocycles. The van der Waals surface area contributed by atoms with Gasteiger partial charge >= 0.3 is 0 Å². The number of anilines is 1. The van der Waals surface area contributed by atoms with Crippen LogP contribution in [0.1, 0.15) is 19.8 Å². The summed E-state index contributed by atoms with van der Waals surface area (Å²) in [5, 5.41) is 3.35. The van der Waals surface area contributed by atoms with Gasteiger partial charge in [0.1, 0.15) is 0 Å². The zero-order valence-electron chi connectivity index (χ0n) is 8.16. The van der Waals surface area contributed by atoms with Crippen molar-refractivity contribution >= 4 is 5.69 Å². The van der Waals surface area contributed by atoms with Gasteiger partial charge in [-0.2, -0.15) is 0 Å². The second-order valence-electron chi connectivity index (χ2n) is 2.96. The van der Waals surface area contributed by atoms with Crippen LogP contribution in [0.4, 0.5) is 5.69 Å². The minimum absolute atomic E-state index is 1.01. The van der Waals surface area contributed by atoms with Crippen LogP contribution in [0.5, 0.6) is 0 Å². The van der Waals surface area contributed by atoms with E-state index in [1.807, 2.05) is 18.2 Å². The Hall–Kier alpha value is -1.24. The fraction of sp³-hybridized carbons (Fsp3) is 0.333. The summed E-state index contributed by atoms with van der Waals surface area (Å²) in [5.41, 5.74) is 1.20. The molecule has 1 aromatic rings. The lowest BCUT2D eigenvalue weighted by Crippen LogP contribution is -1.99. The number of para-hydroxylation sites is 1. The van der Waals surface area contributed by atoms with E-state index in [4.69, 9.17) is 0 Å². The molecule has 0 saturated heterocycles. The molecule has 0 radical (unpaired) electrons. The van der Waals surface area contributed by atoms with Crippen LogP contribution in [0, 0.1) is 0 Å². The second kappa shape index (κ2) is 6.30. The quantitative estimate of drug-likeness (QED) is 0.534. The highest BCUT2D eigenvalue weighted by atomic mass is 14.9. The normalized spacial score (nSPS) is 10.5. The van der Waals surface area contributed by atoms with Gasteiger partial charge in [-0.3, -0.25) is 0 Å². The SMILES string of the molecule is CC/C=C/CCNc1ccccc1. The molecule has 0 aliphatic heterocycles. The summed E-state index contributed by atoms with van der Waals surface area (Å²) < 4.78 is 0. The lowest BCUT2D eigenvalue weighted by atomic mass is 10.3. The van der Waals surface area contributed by atoms with Crippen molar-refractivity contribution in [3.63, 3.8) is 0 Å². The minimum Gasteiger partial charge on any atom is -0.385 e. The van der Waals surface area contributed by atoms with Gasteiger partial charge in [-0.05, 0) is 25.0 Å². The first kappa shape index (κ1) is 9.85. The summed E-state index contributed by atoms with van der Waals surface area (Å²) in [6.07, 6.45) is 6.65. The van der Waals surface area contributed by atoms with Crippen LogP contribution in [-0.4, -0.2) is 6.54 Å². The third-order valence-electron chi connectivity index (χ3n) is 1.82. The van der Waals surface area contributed by atoms with Gasteiger partial charge in [0, 0.05) is 12.2 Å². The topological polar surface area (TPSA) is 12.0 Å². The Morgan fingerprint density at radius 1 is 1.15 bits per heavy atom. The molecule has 0 aliphatic rings. The Morgan fingerprint density at radius 3 is 2.62 bits per heavy atom. The molecule has 0 heterocycles. The molecular weight excluding hydrogens is 158 g/mol. The molecule has 1 N–H and O–H groups in total. The van der Waals surface area contributed by atoms with Gasteiger partial charge in [0.2, 0.25) is 0 Å². The zero-order valence-corrected chi connectivity index (χ0v) is 8.16. The van der Waals surface area contributed by atoms with E-state index in [2.05, 4.69) is 36.5 Å². The van der Waals surface area contributed by atoms with Crippen molar-refractivity contribution in [1.29, 1.82) is 0 Å². The number of nitrogens with one attached hydrogen (secondary N) is 1. The predicted molar refractivity (Wildman–Crippen MR) is 59.0 cm³/mol. The van der Waals surface area contributed by atoms with E-state index in [1.165, 1.54) is 5.69 Å². The van der Waals surface area contributed by atoms with Crippen LogP contribution >= 0.6 is 0 Å². The third-order valence-corrected chi connectivity index (χ3v) is 1.82. The average molecular weight is 175 g/mol. The van der Waals surface area contributed by atoms with Gasteiger partial charge in [-0.25, -0.2) is 0 Å². The fourth-order valence-electron chi connectivity index (χ4n) is 1.14. The van der Waals surface area contributed by atoms with Crippen molar-refractivity contribution < 1.29 is 0 Å². The number of hydrogen-bond acceptors (Lipinski definition) is 1. The molecule has 0 fully saturated rings. The van der Waals surface area contributed by atoms with Crippen molar-refractivity contribution in [3.8, 4) is 0 Å². The van der Waals surface area contributed by atoms with E-state index in [9.17, 15) is 0 Å². The molecule has 70 valence electrons. The number of hydrogen-bond donors (Lipinski definition) is 1. The average Bonchev–Trinajstić information content (AvgIpc) is 2.19. The number of rotatable bonds is 5. The van der Waals surface area contributed by atoms with E-state index < -0.39 is 0 Å². The van der Waals surface area contributed by atoms with Crippen LogP contribution in [0.3, 0.4) is 0 Å². The lowest BCUT2D eigenvalue weighted by Gasteiger charge is -2.02. The van der Waals surface area contributed by atoms with Crippen molar-refractivity contribution in [2.45, 2.75) is 19.8 Å². The maximum atomic E-state index is 3.35. The van der Waals surface area contributed by atoms with Gasteiger partial charge in [0.25, 0.3) is 0 Å². The number of benzene rings is 1. The Morgan fingerprint density at radius 2 is 1.92 bits per heavy atom. The lowest BCUT2D eigenvalue weighted by molar-refractivity contribution is 1.05. The summed E-state index contributed by atoms with van der Waals surface area (Å²) in [7, 11) is 0. The molecule has 0 spiro atoms. The highest BCUT2D eigenvalue weighted by Crippen LogP contribution is 2.04. The van der Waals surface area contributed by atoms with Crippen molar-refractivity contribution in [2.24, 2.45) is 0 Å². The summed E-state index contributed by atoms with van der Waals surface area (Å²) in [4.78, 5) is 0. The zero-order chi connectivity index (χ0) is 9.36. The predicted octanol–water partition coefficient (Wildman–Crippen LogP) is 3.45. The van der Waals surface area contributed by atoms with Gasteiger partial charge < -0.3 is 5.32 Å². The third kappa shape index (κ3) is 4.36. The Labute approximate surface area is 80.5 Å². The van der Waals surface area contributed by atoms with Crippen molar-refractivity contribution in [3.05, 3.63) is 42.5 Å². The summed E-state index contributed by atoms with van der Waals surface area (Å²) in [6.45, 7) is 3.17. The summed E-state index contributed by atoms with van der Waals surface area (Å²) in [6, 6.07) is 10.3. The maximum Gasteiger partial charge on any atom is 0.0340 e. The monoisotopic (exact) mass is 175 g/mol. The summed E-state index contributed by atoms with van der Waals surface area (Å²) >= 11 is 0. The number of allylic oxidation sites excluding steroid dienone is 1. The molecular formula is C12H17N. The molecule has 1 rings (SSSR count). The maximum absolute atomic E-state index is 3.35. The highest BCUT2D eigenvalue weighted by Gasteiger charge is 1.85. The molecule has 1 heteroatoms. The molecule has 0 aromatic heterocycles. The van der Waals surface area contributed by atoms with Crippen LogP contribution in [0.2, 0.25) is 0 Å². The molecule has 0 unspecified atom stereocenters. The first-order valence-corrected chi connectivity index (χ1v) is 4.87. The van der Waals surface area contributed by atoms with Gasteiger partial charge in [-0.1, -0.05) is 37.3 Å². The van der Waals surface area contributed by atoms with E-state index in [0.717, 1.165) is 19.4 Å². The Balaban J connectivity index is 2.17. The van der Waals surface area contributed by atoms with E-state index in [1.54, 1.807) is 0 Å². The second-order valence-corrected chi connectivity index (χ2v) is 2.96. The van der Waals surface area contributed by atoms with Crippen molar-refractivity contribution in [1.82, 2.24) is 0 Å². The molecule has 0 saturated carbocycles. The molecule has 13 heavy (non-hydrogen) atoms. The van der Waals surface area contributed by atoms with Gasteiger partial charge in [-0.15, -0.1) is 0 Å². The largest absolute Gasteiger partial charge is 0.385 e. The van der Waals surface area contributed by atoms with Gasteiger partial charge in [0.05, 0.1) is 0 Å². The van der Waals surface area contributed by atoms with E-state index >= 15 is 0 Å². The molecule has 1 nitrogen and oxygen atoms in total. The van der Waals surface area contributed by atoms with Gasteiger partial charge in [0.15, 0.2) is 0 Å². The first-order chi connectivity index (χ1) is 6.43. The van der Waals surface area contributed by atoms with E-state index in [-0.39, 0.29) is 0 Å². The van der Waals surface area contributed by atoms with Crippen LogP contribution in [-0.2, 0) is 0 Å². The molecule has 0 bridgehead atoms. The minimum atomic E-state index is 1.01. The highest BCUT2D eigenvalue weighted by molar-refractivity contribution is 5.42. The van der Waals surface area contributed by atoms with Crippen LogP contribution in [0.25, 0.3) is 0 Å².